The molecule has 6 heteroatoms. The van der Waals surface area contributed by atoms with Gasteiger partial charge in [-0.05, 0) is 24.6 Å². The van der Waals surface area contributed by atoms with Crippen LogP contribution >= 0.6 is 0 Å². The number of benzene rings is 1. The van der Waals surface area contributed by atoms with Gasteiger partial charge in [0.15, 0.2) is 21.3 Å². The second kappa shape index (κ2) is 6.06. The first-order valence-electron chi connectivity index (χ1n) is 5.63. The molecule has 0 saturated heterocycles. The summed E-state index contributed by atoms with van der Waals surface area (Å²) in [5.74, 6) is 1.10. The molecule has 0 aliphatic carbocycles. The van der Waals surface area contributed by atoms with Crippen LogP contribution in [0.15, 0.2) is 18.2 Å². The normalized spacial score (nSPS) is 13.1. The first kappa shape index (κ1) is 14.8. The fourth-order valence-corrected chi connectivity index (χ4v) is 2.71. The van der Waals surface area contributed by atoms with Crippen molar-refractivity contribution in [2.45, 2.75) is 12.2 Å². The molecule has 1 rings (SSSR count). The molecule has 0 spiro atoms. The van der Waals surface area contributed by atoms with Gasteiger partial charge >= 0.3 is 0 Å². The number of hydrogen-bond donors (Lipinski definition) is 1. The van der Waals surface area contributed by atoms with Gasteiger partial charge in [0.05, 0.1) is 19.0 Å². The summed E-state index contributed by atoms with van der Waals surface area (Å²) in [5.41, 5.74) is 6.15. The van der Waals surface area contributed by atoms with E-state index in [0.717, 1.165) is 0 Å². The van der Waals surface area contributed by atoms with Crippen molar-refractivity contribution in [2.24, 2.45) is 5.73 Å². The standard InChI is InChI=1S/C12H19NO4S/c1-4-17-11-7-9(5-6-10(11)16-2)12(8-13)18(3,14)15/h5-7,12H,4,8,13H2,1-3H3/t12-/m0/s1. The topological polar surface area (TPSA) is 78.6 Å². The lowest BCUT2D eigenvalue weighted by molar-refractivity contribution is 0.310. The Kier molecular flexibility index (Phi) is 4.98. The van der Waals surface area contributed by atoms with E-state index in [1.807, 2.05) is 6.92 Å². The molecule has 2 N–H and O–H groups in total. The summed E-state index contributed by atoms with van der Waals surface area (Å²) in [6.45, 7) is 2.37. The molecule has 0 aliphatic heterocycles. The van der Waals surface area contributed by atoms with Crippen LogP contribution in [0.4, 0.5) is 0 Å². The average Bonchev–Trinajstić information content (AvgIpc) is 2.29. The number of methoxy groups -OCH3 is 1. The fourth-order valence-electron chi connectivity index (χ4n) is 1.72. The molecule has 0 bridgehead atoms. The van der Waals surface area contributed by atoms with Crippen molar-refractivity contribution >= 4 is 9.84 Å². The number of sulfone groups is 1. The number of nitrogens with two attached hydrogens (primary N) is 1. The zero-order valence-corrected chi connectivity index (χ0v) is 11.7. The molecule has 0 aliphatic rings. The van der Waals surface area contributed by atoms with E-state index in [2.05, 4.69) is 0 Å². The Labute approximate surface area is 108 Å². The Morgan fingerprint density at radius 1 is 1.33 bits per heavy atom. The summed E-state index contributed by atoms with van der Waals surface area (Å²) in [6.07, 6.45) is 1.18. The van der Waals surface area contributed by atoms with Crippen LogP contribution in [-0.4, -0.2) is 34.9 Å². The van der Waals surface area contributed by atoms with E-state index < -0.39 is 15.1 Å². The summed E-state index contributed by atoms with van der Waals surface area (Å²) >= 11 is 0. The van der Waals surface area contributed by atoms with Crippen molar-refractivity contribution in [1.29, 1.82) is 0 Å². The SMILES string of the molecule is CCOc1cc([C@H](CN)S(C)(=O)=O)ccc1OC. The fraction of sp³-hybridized carbons (Fsp3) is 0.500. The molecule has 1 aromatic carbocycles. The van der Waals surface area contributed by atoms with Crippen molar-refractivity contribution < 1.29 is 17.9 Å². The van der Waals surface area contributed by atoms with E-state index in [9.17, 15) is 8.42 Å². The van der Waals surface area contributed by atoms with Gasteiger partial charge in [-0.3, -0.25) is 0 Å². The van der Waals surface area contributed by atoms with Crippen molar-refractivity contribution in [2.75, 3.05) is 26.5 Å². The summed E-state index contributed by atoms with van der Waals surface area (Å²) < 4.78 is 33.8. The Bertz CT molecular complexity index is 499. The third kappa shape index (κ3) is 3.36. The molecule has 1 atom stereocenters. The first-order valence-corrected chi connectivity index (χ1v) is 7.59. The monoisotopic (exact) mass is 273 g/mol. The van der Waals surface area contributed by atoms with Crippen LogP contribution in [0.5, 0.6) is 11.5 Å². The highest BCUT2D eigenvalue weighted by molar-refractivity contribution is 7.91. The van der Waals surface area contributed by atoms with Gasteiger partial charge in [-0.2, -0.15) is 0 Å². The van der Waals surface area contributed by atoms with Crippen LogP contribution in [-0.2, 0) is 9.84 Å². The van der Waals surface area contributed by atoms with Gasteiger partial charge in [-0.25, -0.2) is 8.42 Å². The van der Waals surface area contributed by atoms with Gasteiger partial charge in [0.2, 0.25) is 0 Å². The van der Waals surface area contributed by atoms with Crippen LogP contribution in [0.25, 0.3) is 0 Å². The zero-order chi connectivity index (χ0) is 13.8. The maximum absolute atomic E-state index is 11.6. The largest absolute Gasteiger partial charge is 0.493 e. The molecule has 0 radical (unpaired) electrons. The predicted molar refractivity (Wildman–Crippen MR) is 70.8 cm³/mol. The van der Waals surface area contributed by atoms with E-state index in [0.29, 0.717) is 23.7 Å². The molecular formula is C12H19NO4S. The van der Waals surface area contributed by atoms with Gasteiger partial charge in [0.25, 0.3) is 0 Å². The van der Waals surface area contributed by atoms with Crippen molar-refractivity contribution in [3.8, 4) is 11.5 Å². The van der Waals surface area contributed by atoms with Crippen LogP contribution < -0.4 is 15.2 Å². The van der Waals surface area contributed by atoms with E-state index in [1.54, 1.807) is 18.2 Å². The van der Waals surface area contributed by atoms with Crippen LogP contribution in [0.1, 0.15) is 17.7 Å². The highest BCUT2D eigenvalue weighted by atomic mass is 32.2. The zero-order valence-electron chi connectivity index (χ0n) is 10.8. The second-order valence-electron chi connectivity index (χ2n) is 3.90. The molecular weight excluding hydrogens is 254 g/mol. The minimum Gasteiger partial charge on any atom is -0.493 e. The third-order valence-corrected chi connectivity index (χ3v) is 4.09. The molecule has 0 unspecified atom stereocenters. The van der Waals surface area contributed by atoms with Crippen LogP contribution in [0.2, 0.25) is 0 Å². The molecule has 0 aromatic heterocycles. The van der Waals surface area contributed by atoms with E-state index in [4.69, 9.17) is 15.2 Å². The molecule has 0 fully saturated rings. The maximum Gasteiger partial charge on any atom is 0.161 e. The molecule has 0 amide bonds. The van der Waals surface area contributed by atoms with Crippen molar-refractivity contribution in [3.05, 3.63) is 23.8 Å². The van der Waals surface area contributed by atoms with Gasteiger partial charge in [0, 0.05) is 12.8 Å². The number of hydrogen-bond acceptors (Lipinski definition) is 5. The molecule has 0 heterocycles. The lowest BCUT2D eigenvalue weighted by Gasteiger charge is -2.16. The number of ether oxygens (including phenoxy) is 2. The molecule has 5 nitrogen and oxygen atoms in total. The summed E-state index contributed by atoms with van der Waals surface area (Å²) in [5, 5.41) is -0.720. The van der Waals surface area contributed by atoms with Gasteiger partial charge < -0.3 is 15.2 Å². The first-order chi connectivity index (χ1) is 8.43. The van der Waals surface area contributed by atoms with Crippen LogP contribution in [0.3, 0.4) is 0 Å². The molecule has 18 heavy (non-hydrogen) atoms. The molecule has 1 aromatic rings. The quantitative estimate of drug-likeness (QED) is 0.840. The van der Waals surface area contributed by atoms with E-state index in [1.165, 1.54) is 13.4 Å². The summed E-state index contributed by atoms with van der Waals surface area (Å²) in [6, 6.07) is 5.05. The van der Waals surface area contributed by atoms with Gasteiger partial charge in [-0.1, -0.05) is 6.07 Å². The Morgan fingerprint density at radius 3 is 2.44 bits per heavy atom. The Hall–Kier alpha value is -1.27. The van der Waals surface area contributed by atoms with E-state index in [-0.39, 0.29) is 6.54 Å². The van der Waals surface area contributed by atoms with Gasteiger partial charge in [0.1, 0.15) is 0 Å². The lowest BCUT2D eigenvalue weighted by atomic mass is 10.1. The molecule has 102 valence electrons. The smallest absolute Gasteiger partial charge is 0.161 e. The minimum atomic E-state index is -3.24. The van der Waals surface area contributed by atoms with Gasteiger partial charge in [-0.15, -0.1) is 0 Å². The van der Waals surface area contributed by atoms with Crippen molar-refractivity contribution in [1.82, 2.24) is 0 Å². The van der Waals surface area contributed by atoms with Crippen molar-refractivity contribution in [3.63, 3.8) is 0 Å². The second-order valence-corrected chi connectivity index (χ2v) is 6.13. The minimum absolute atomic E-state index is 0.0384. The maximum atomic E-state index is 11.6. The third-order valence-electron chi connectivity index (χ3n) is 2.59. The molecule has 0 saturated carbocycles. The summed E-state index contributed by atoms with van der Waals surface area (Å²) in [7, 11) is -1.70. The lowest BCUT2D eigenvalue weighted by Crippen LogP contribution is -2.21. The van der Waals surface area contributed by atoms with Crippen LogP contribution in [0, 0.1) is 0 Å². The highest BCUT2D eigenvalue weighted by Gasteiger charge is 2.22. The number of rotatable bonds is 6. The van der Waals surface area contributed by atoms with E-state index >= 15 is 0 Å². The highest BCUT2D eigenvalue weighted by Crippen LogP contribution is 2.32. The predicted octanol–water partition coefficient (Wildman–Crippen LogP) is 1.14. The average molecular weight is 273 g/mol. The summed E-state index contributed by atoms with van der Waals surface area (Å²) in [4.78, 5) is 0. The Balaban J connectivity index is 3.21. The Morgan fingerprint density at radius 2 is 2.00 bits per heavy atom.